The number of hydrogen-bond donors (Lipinski definition) is 0. The van der Waals surface area contributed by atoms with Gasteiger partial charge >= 0.3 is 0 Å². The van der Waals surface area contributed by atoms with Crippen LogP contribution in [0.2, 0.25) is 5.02 Å². The minimum Gasteiger partial charge on any atom is -0.358 e. The third-order valence-corrected chi connectivity index (χ3v) is 3.70. The first-order chi connectivity index (χ1) is 9.81. The minimum absolute atomic E-state index is 0.00622. The molecule has 1 saturated heterocycles. The van der Waals surface area contributed by atoms with Crippen LogP contribution >= 0.6 is 11.6 Å². The van der Waals surface area contributed by atoms with Crippen LogP contribution in [0.15, 0.2) is 54.7 Å². The third kappa shape index (κ3) is 2.05. The van der Waals surface area contributed by atoms with Gasteiger partial charge in [0.2, 0.25) is 0 Å². The molecule has 1 aliphatic heterocycles. The topological polar surface area (TPSA) is 38.3 Å². The molecular formula is C16H11ClN2O. The van der Waals surface area contributed by atoms with Gasteiger partial charge in [-0.05, 0) is 29.8 Å². The number of rotatable bonds is 2. The molecule has 0 bridgehead atoms. The Morgan fingerprint density at radius 2 is 1.65 bits per heavy atom. The van der Waals surface area contributed by atoms with Gasteiger partial charge in [-0.15, -0.1) is 0 Å². The minimum atomic E-state index is -0.00622. The molecule has 0 unspecified atom stereocenters. The maximum atomic E-state index is 5.89. The number of hydrogen-bond acceptors (Lipinski definition) is 3. The monoisotopic (exact) mass is 282 g/mol. The molecule has 1 aromatic heterocycles. The SMILES string of the molecule is Clc1ccc([C@@H]2O[C@@H]2c2cnc3ccccc3n2)cc1. The summed E-state index contributed by atoms with van der Waals surface area (Å²) in [6, 6.07) is 15.6. The normalized spacial score (nSPS) is 21.1. The van der Waals surface area contributed by atoms with E-state index in [1.165, 1.54) is 0 Å². The van der Waals surface area contributed by atoms with E-state index in [4.69, 9.17) is 16.3 Å². The van der Waals surface area contributed by atoms with Crippen molar-refractivity contribution >= 4 is 22.6 Å². The second kappa shape index (κ2) is 4.54. The maximum Gasteiger partial charge on any atom is 0.132 e. The van der Waals surface area contributed by atoms with Gasteiger partial charge in [0.25, 0.3) is 0 Å². The molecule has 2 atom stereocenters. The van der Waals surface area contributed by atoms with E-state index in [0.29, 0.717) is 0 Å². The number of fused-ring (bicyclic) bond motifs is 1. The number of halogens is 1. The Morgan fingerprint density at radius 1 is 0.900 bits per heavy atom. The Balaban J connectivity index is 1.63. The van der Waals surface area contributed by atoms with Crippen molar-refractivity contribution in [1.82, 2.24) is 9.97 Å². The second-order valence-corrected chi connectivity index (χ2v) is 5.25. The van der Waals surface area contributed by atoms with Gasteiger partial charge in [0.1, 0.15) is 12.2 Å². The summed E-state index contributed by atoms with van der Waals surface area (Å²) in [5, 5.41) is 0.733. The summed E-state index contributed by atoms with van der Waals surface area (Å²) in [5.74, 6) is 0. The summed E-state index contributed by atoms with van der Waals surface area (Å²) in [6.07, 6.45) is 1.85. The molecule has 0 spiro atoms. The quantitative estimate of drug-likeness (QED) is 0.664. The Hall–Kier alpha value is -1.97. The summed E-state index contributed by atoms with van der Waals surface area (Å²) >= 11 is 5.89. The molecule has 1 fully saturated rings. The van der Waals surface area contributed by atoms with Gasteiger partial charge in [-0.25, -0.2) is 4.98 Å². The molecule has 3 aromatic rings. The highest BCUT2D eigenvalue weighted by Gasteiger charge is 2.42. The Labute approximate surface area is 121 Å². The molecule has 1 aliphatic rings. The van der Waals surface area contributed by atoms with Gasteiger partial charge in [0.15, 0.2) is 0 Å². The van der Waals surface area contributed by atoms with Gasteiger partial charge in [0.05, 0.1) is 22.9 Å². The number of para-hydroxylation sites is 2. The highest BCUT2D eigenvalue weighted by molar-refractivity contribution is 6.30. The molecule has 4 rings (SSSR count). The maximum absolute atomic E-state index is 5.89. The zero-order valence-electron chi connectivity index (χ0n) is 10.5. The first-order valence-electron chi connectivity index (χ1n) is 6.44. The van der Waals surface area contributed by atoms with Crippen LogP contribution in [-0.2, 0) is 4.74 Å². The molecule has 20 heavy (non-hydrogen) atoms. The van der Waals surface area contributed by atoms with Crippen LogP contribution in [0.3, 0.4) is 0 Å². The molecule has 4 heteroatoms. The van der Waals surface area contributed by atoms with Crippen molar-refractivity contribution in [3.05, 3.63) is 71.0 Å². The average Bonchev–Trinajstić information content (AvgIpc) is 3.28. The fourth-order valence-electron chi connectivity index (χ4n) is 2.35. The van der Waals surface area contributed by atoms with Crippen LogP contribution in [0.1, 0.15) is 23.5 Å². The lowest BCUT2D eigenvalue weighted by Gasteiger charge is -1.99. The average molecular weight is 283 g/mol. The van der Waals surface area contributed by atoms with Crippen molar-refractivity contribution in [2.45, 2.75) is 12.2 Å². The zero-order chi connectivity index (χ0) is 13.5. The lowest BCUT2D eigenvalue weighted by Crippen LogP contribution is -1.92. The van der Waals surface area contributed by atoms with E-state index >= 15 is 0 Å². The van der Waals surface area contributed by atoms with E-state index in [1.807, 2.05) is 48.5 Å². The second-order valence-electron chi connectivity index (χ2n) is 4.81. The van der Waals surface area contributed by atoms with Gasteiger partial charge in [-0.3, -0.25) is 4.98 Å². The summed E-state index contributed by atoms with van der Waals surface area (Å²) in [6.45, 7) is 0. The van der Waals surface area contributed by atoms with Crippen molar-refractivity contribution in [2.24, 2.45) is 0 Å². The van der Waals surface area contributed by atoms with Crippen LogP contribution in [-0.4, -0.2) is 9.97 Å². The summed E-state index contributed by atoms with van der Waals surface area (Å²) in [7, 11) is 0. The smallest absolute Gasteiger partial charge is 0.132 e. The molecule has 2 heterocycles. The third-order valence-electron chi connectivity index (χ3n) is 3.45. The Morgan fingerprint density at radius 3 is 2.45 bits per heavy atom. The molecule has 0 aliphatic carbocycles. The van der Waals surface area contributed by atoms with Crippen LogP contribution in [0, 0.1) is 0 Å². The lowest BCUT2D eigenvalue weighted by molar-refractivity contribution is 0.375. The largest absolute Gasteiger partial charge is 0.358 e. The van der Waals surface area contributed by atoms with Crippen LogP contribution in [0.4, 0.5) is 0 Å². The predicted octanol–water partition coefficient (Wildman–Crippen LogP) is 4.10. The molecule has 2 aromatic carbocycles. The molecular weight excluding hydrogens is 272 g/mol. The molecule has 0 saturated carbocycles. The first kappa shape index (κ1) is 11.8. The van der Waals surface area contributed by atoms with E-state index in [2.05, 4.69) is 9.97 Å². The number of benzene rings is 2. The molecule has 0 radical (unpaired) electrons. The van der Waals surface area contributed by atoms with Gasteiger partial charge in [-0.1, -0.05) is 35.9 Å². The predicted molar refractivity (Wildman–Crippen MR) is 77.6 cm³/mol. The van der Waals surface area contributed by atoms with Gasteiger partial charge in [-0.2, -0.15) is 0 Å². The first-order valence-corrected chi connectivity index (χ1v) is 6.82. The number of ether oxygens (including phenoxy) is 1. The Bertz CT molecular complexity index is 773. The molecule has 0 amide bonds. The number of nitrogens with zero attached hydrogens (tertiary/aromatic N) is 2. The molecule has 0 N–H and O–H groups in total. The Kier molecular flexibility index (Phi) is 2.69. The van der Waals surface area contributed by atoms with Crippen LogP contribution in [0.25, 0.3) is 11.0 Å². The number of epoxide rings is 1. The van der Waals surface area contributed by atoms with Crippen LogP contribution in [0.5, 0.6) is 0 Å². The fourth-order valence-corrected chi connectivity index (χ4v) is 2.48. The number of aromatic nitrogens is 2. The fraction of sp³-hybridized carbons (Fsp3) is 0.125. The van der Waals surface area contributed by atoms with E-state index in [1.54, 1.807) is 6.20 Å². The summed E-state index contributed by atoms with van der Waals surface area (Å²) in [5.41, 5.74) is 3.80. The highest BCUT2D eigenvalue weighted by atomic mass is 35.5. The molecule has 98 valence electrons. The summed E-state index contributed by atoms with van der Waals surface area (Å²) in [4.78, 5) is 9.04. The van der Waals surface area contributed by atoms with Crippen molar-refractivity contribution in [2.75, 3.05) is 0 Å². The van der Waals surface area contributed by atoms with E-state index in [9.17, 15) is 0 Å². The van der Waals surface area contributed by atoms with Crippen molar-refractivity contribution in [3.8, 4) is 0 Å². The highest BCUT2D eigenvalue weighted by Crippen LogP contribution is 2.50. The van der Waals surface area contributed by atoms with Crippen molar-refractivity contribution in [3.63, 3.8) is 0 Å². The standard InChI is InChI=1S/C16H11ClN2O/c17-11-7-5-10(6-8-11)15-16(20-15)14-9-18-12-3-1-2-4-13(12)19-14/h1-9,15-16H/t15-,16+/m0/s1. The van der Waals surface area contributed by atoms with Crippen LogP contribution < -0.4 is 0 Å². The molecule has 3 nitrogen and oxygen atoms in total. The zero-order valence-corrected chi connectivity index (χ0v) is 11.3. The van der Waals surface area contributed by atoms with Crippen molar-refractivity contribution in [1.29, 1.82) is 0 Å². The van der Waals surface area contributed by atoms with E-state index < -0.39 is 0 Å². The van der Waals surface area contributed by atoms with E-state index in [-0.39, 0.29) is 12.2 Å². The van der Waals surface area contributed by atoms with E-state index in [0.717, 1.165) is 27.3 Å². The summed E-state index contributed by atoms with van der Waals surface area (Å²) < 4.78 is 5.73. The van der Waals surface area contributed by atoms with Crippen molar-refractivity contribution < 1.29 is 4.74 Å². The van der Waals surface area contributed by atoms with Gasteiger partial charge < -0.3 is 4.74 Å². The van der Waals surface area contributed by atoms with Gasteiger partial charge in [0, 0.05) is 5.02 Å². The lowest BCUT2D eigenvalue weighted by atomic mass is 10.1.